The summed E-state index contributed by atoms with van der Waals surface area (Å²) in [5.74, 6) is -0.370. The maximum Gasteiger partial charge on any atom is 0.261 e. The third kappa shape index (κ3) is 2.90. The van der Waals surface area contributed by atoms with Gasteiger partial charge in [-0.3, -0.25) is 14.5 Å². The van der Waals surface area contributed by atoms with Crippen LogP contribution in [0.4, 0.5) is 0 Å². The van der Waals surface area contributed by atoms with Crippen LogP contribution in [0.5, 0.6) is 0 Å². The Morgan fingerprint density at radius 1 is 1.37 bits per heavy atom. The van der Waals surface area contributed by atoms with Crippen molar-refractivity contribution in [2.24, 2.45) is 0 Å². The fourth-order valence-electron chi connectivity index (χ4n) is 2.14. The zero-order chi connectivity index (χ0) is 13.8. The van der Waals surface area contributed by atoms with Crippen molar-refractivity contribution in [2.75, 3.05) is 19.6 Å². The number of fused-ring (bicyclic) bond motifs is 1. The van der Waals surface area contributed by atoms with Crippen LogP contribution in [-0.2, 0) is 11.2 Å². The molecule has 1 heterocycles. The Balaban J connectivity index is 2.13. The van der Waals surface area contributed by atoms with Gasteiger partial charge in [-0.25, -0.2) is 0 Å². The molecule has 0 saturated heterocycles. The molecule has 0 atom stereocenters. The lowest BCUT2D eigenvalue weighted by molar-refractivity contribution is -0.128. The summed E-state index contributed by atoms with van der Waals surface area (Å²) in [6.07, 6.45) is 0.288. The number of nitrogens with zero attached hydrogens (tertiary/aromatic N) is 1. The van der Waals surface area contributed by atoms with Gasteiger partial charge in [-0.2, -0.15) is 0 Å². The molecule has 4 nitrogen and oxygen atoms in total. The second kappa shape index (κ2) is 5.80. The van der Waals surface area contributed by atoms with E-state index in [4.69, 9.17) is 0 Å². The van der Waals surface area contributed by atoms with E-state index in [0.717, 1.165) is 17.7 Å². The molecule has 4 heteroatoms. The number of hydrogen-bond donors (Lipinski definition) is 1. The zero-order valence-corrected chi connectivity index (χ0v) is 11.1. The Kier molecular flexibility index (Phi) is 4.12. The fourth-order valence-corrected chi connectivity index (χ4v) is 2.14. The molecule has 1 N–H and O–H groups in total. The highest BCUT2D eigenvalue weighted by Crippen LogP contribution is 2.20. The summed E-state index contributed by atoms with van der Waals surface area (Å²) in [5, 5.41) is 3.14. The molecule has 0 aromatic heterocycles. The number of carbonyl (C=O) groups excluding carboxylic acids is 2. The van der Waals surface area contributed by atoms with Crippen LogP contribution >= 0.6 is 0 Å². The monoisotopic (exact) mass is 258 g/mol. The number of carbonyl (C=O) groups is 2. The van der Waals surface area contributed by atoms with E-state index in [-0.39, 0.29) is 18.2 Å². The second-order valence-corrected chi connectivity index (χ2v) is 4.65. The molecular weight excluding hydrogens is 240 g/mol. The minimum atomic E-state index is -0.218. The number of imide groups is 1. The van der Waals surface area contributed by atoms with E-state index >= 15 is 0 Å². The van der Waals surface area contributed by atoms with Crippen LogP contribution in [0.2, 0.25) is 0 Å². The van der Waals surface area contributed by atoms with Crippen molar-refractivity contribution >= 4 is 11.8 Å². The van der Waals surface area contributed by atoms with E-state index in [2.05, 4.69) is 11.9 Å². The van der Waals surface area contributed by atoms with Crippen molar-refractivity contribution in [1.29, 1.82) is 0 Å². The van der Waals surface area contributed by atoms with Crippen LogP contribution in [0, 0.1) is 0 Å². The predicted octanol–water partition coefficient (Wildman–Crippen LogP) is 1.38. The quantitative estimate of drug-likeness (QED) is 0.641. The van der Waals surface area contributed by atoms with Crippen LogP contribution < -0.4 is 5.32 Å². The van der Waals surface area contributed by atoms with Crippen LogP contribution in [0.15, 0.2) is 36.4 Å². The zero-order valence-electron chi connectivity index (χ0n) is 11.1. The Bertz CT molecular complexity index is 523. The van der Waals surface area contributed by atoms with E-state index in [0.29, 0.717) is 18.7 Å². The van der Waals surface area contributed by atoms with Gasteiger partial charge in [-0.15, -0.1) is 0 Å². The lowest BCUT2D eigenvalue weighted by Crippen LogP contribution is -2.44. The van der Waals surface area contributed by atoms with Crippen molar-refractivity contribution in [3.05, 3.63) is 47.5 Å². The van der Waals surface area contributed by atoms with Crippen molar-refractivity contribution in [1.82, 2.24) is 10.2 Å². The normalized spacial score (nSPS) is 14.5. The number of amides is 2. The fraction of sp³-hybridized carbons (Fsp3) is 0.333. The van der Waals surface area contributed by atoms with Gasteiger partial charge in [0, 0.05) is 12.1 Å². The Morgan fingerprint density at radius 2 is 2.11 bits per heavy atom. The molecule has 0 unspecified atom stereocenters. The molecule has 0 radical (unpaired) electrons. The number of likely N-dealkylation sites (N-methyl/N-ethyl adjacent to an activating group) is 1. The Morgan fingerprint density at radius 3 is 2.84 bits per heavy atom. The lowest BCUT2D eigenvalue weighted by Gasteiger charge is -2.27. The molecule has 0 aliphatic carbocycles. The first-order chi connectivity index (χ1) is 9.13. The highest BCUT2D eigenvalue weighted by molar-refractivity contribution is 6.09. The standard InChI is InChI=1S/C15H18N2O2/c1-3-16-9-11(2)10-17-14(18)8-12-6-4-5-7-13(12)15(17)19/h4-7,16H,2-3,8-10H2,1H3. The van der Waals surface area contributed by atoms with E-state index in [1.165, 1.54) is 4.90 Å². The van der Waals surface area contributed by atoms with Crippen LogP contribution in [0.1, 0.15) is 22.8 Å². The summed E-state index contributed by atoms with van der Waals surface area (Å²) >= 11 is 0. The molecule has 0 spiro atoms. The molecule has 1 aromatic carbocycles. The summed E-state index contributed by atoms with van der Waals surface area (Å²) in [6.45, 7) is 7.65. The molecule has 1 aromatic rings. The number of benzene rings is 1. The third-order valence-electron chi connectivity index (χ3n) is 3.14. The second-order valence-electron chi connectivity index (χ2n) is 4.65. The van der Waals surface area contributed by atoms with E-state index < -0.39 is 0 Å². The average Bonchev–Trinajstić information content (AvgIpc) is 2.41. The molecule has 0 saturated carbocycles. The van der Waals surface area contributed by atoms with Gasteiger partial charge in [-0.05, 0) is 23.7 Å². The summed E-state index contributed by atoms with van der Waals surface area (Å²) in [5.41, 5.74) is 2.27. The summed E-state index contributed by atoms with van der Waals surface area (Å²) in [4.78, 5) is 25.6. The first-order valence-corrected chi connectivity index (χ1v) is 6.43. The molecule has 2 amide bonds. The number of hydrogen-bond acceptors (Lipinski definition) is 3. The van der Waals surface area contributed by atoms with Gasteiger partial charge in [0.2, 0.25) is 5.91 Å². The maximum absolute atomic E-state index is 12.3. The van der Waals surface area contributed by atoms with Gasteiger partial charge in [-0.1, -0.05) is 31.7 Å². The highest BCUT2D eigenvalue weighted by atomic mass is 16.2. The van der Waals surface area contributed by atoms with Gasteiger partial charge in [0.1, 0.15) is 0 Å². The summed E-state index contributed by atoms with van der Waals surface area (Å²) in [6, 6.07) is 7.26. The first-order valence-electron chi connectivity index (χ1n) is 6.43. The molecule has 1 aliphatic heterocycles. The minimum absolute atomic E-state index is 0.152. The molecule has 1 aliphatic rings. The van der Waals surface area contributed by atoms with E-state index in [9.17, 15) is 9.59 Å². The van der Waals surface area contributed by atoms with Gasteiger partial charge < -0.3 is 5.32 Å². The summed E-state index contributed by atoms with van der Waals surface area (Å²) < 4.78 is 0. The van der Waals surface area contributed by atoms with Gasteiger partial charge in [0.05, 0.1) is 13.0 Å². The number of rotatable bonds is 5. The highest BCUT2D eigenvalue weighted by Gasteiger charge is 2.30. The molecule has 2 rings (SSSR count). The molecule has 0 bridgehead atoms. The molecule has 100 valence electrons. The molecule has 0 fully saturated rings. The van der Waals surface area contributed by atoms with Crippen molar-refractivity contribution in [3.63, 3.8) is 0 Å². The maximum atomic E-state index is 12.3. The van der Waals surface area contributed by atoms with Crippen LogP contribution in [0.3, 0.4) is 0 Å². The number of nitrogens with one attached hydrogen (secondary N) is 1. The lowest BCUT2D eigenvalue weighted by atomic mass is 9.98. The van der Waals surface area contributed by atoms with Crippen molar-refractivity contribution in [3.8, 4) is 0 Å². The summed E-state index contributed by atoms with van der Waals surface area (Å²) in [7, 11) is 0. The van der Waals surface area contributed by atoms with Crippen LogP contribution in [-0.4, -0.2) is 36.3 Å². The third-order valence-corrected chi connectivity index (χ3v) is 3.14. The van der Waals surface area contributed by atoms with Crippen molar-refractivity contribution in [2.45, 2.75) is 13.3 Å². The first kappa shape index (κ1) is 13.5. The van der Waals surface area contributed by atoms with E-state index in [1.54, 1.807) is 6.07 Å². The largest absolute Gasteiger partial charge is 0.313 e. The average molecular weight is 258 g/mol. The van der Waals surface area contributed by atoms with Crippen molar-refractivity contribution < 1.29 is 9.59 Å². The predicted molar refractivity (Wildman–Crippen MR) is 73.9 cm³/mol. The van der Waals surface area contributed by atoms with Crippen LogP contribution in [0.25, 0.3) is 0 Å². The Hall–Kier alpha value is -1.94. The van der Waals surface area contributed by atoms with E-state index in [1.807, 2.05) is 25.1 Å². The topological polar surface area (TPSA) is 49.4 Å². The van der Waals surface area contributed by atoms with Gasteiger partial charge >= 0.3 is 0 Å². The molecule has 19 heavy (non-hydrogen) atoms. The molecular formula is C15H18N2O2. The Labute approximate surface area is 113 Å². The minimum Gasteiger partial charge on any atom is -0.313 e. The van der Waals surface area contributed by atoms with Gasteiger partial charge in [0.15, 0.2) is 0 Å². The smallest absolute Gasteiger partial charge is 0.261 e. The SMILES string of the molecule is C=C(CNCC)CN1C(=O)Cc2ccccc2C1=O. The van der Waals surface area contributed by atoms with Gasteiger partial charge in [0.25, 0.3) is 5.91 Å².